The SMILES string of the molecule is CCc1nc(C(C)NC(=O)N(CCO)Cc2ccccc2)cs1. The summed E-state index contributed by atoms with van der Waals surface area (Å²) in [5.41, 5.74) is 1.91. The number of rotatable bonds is 7. The molecule has 1 unspecified atom stereocenters. The molecular weight excluding hydrogens is 310 g/mol. The van der Waals surface area contributed by atoms with Crippen molar-refractivity contribution >= 4 is 17.4 Å². The third-order valence-electron chi connectivity index (χ3n) is 3.53. The van der Waals surface area contributed by atoms with Gasteiger partial charge in [-0.05, 0) is 18.9 Å². The molecule has 1 atom stereocenters. The highest BCUT2D eigenvalue weighted by molar-refractivity contribution is 7.09. The van der Waals surface area contributed by atoms with Crippen molar-refractivity contribution in [2.75, 3.05) is 13.2 Å². The topological polar surface area (TPSA) is 65.5 Å². The normalized spacial score (nSPS) is 12.0. The fourth-order valence-electron chi connectivity index (χ4n) is 2.21. The van der Waals surface area contributed by atoms with Crippen molar-refractivity contribution in [3.05, 3.63) is 52.0 Å². The number of aliphatic hydroxyl groups is 1. The summed E-state index contributed by atoms with van der Waals surface area (Å²) in [7, 11) is 0. The molecule has 0 fully saturated rings. The number of hydrogen-bond donors (Lipinski definition) is 2. The molecule has 0 saturated carbocycles. The van der Waals surface area contributed by atoms with Crippen molar-refractivity contribution < 1.29 is 9.90 Å². The fraction of sp³-hybridized carbons (Fsp3) is 0.412. The number of nitrogens with one attached hydrogen (secondary N) is 1. The van der Waals surface area contributed by atoms with Crippen molar-refractivity contribution in [1.29, 1.82) is 0 Å². The molecule has 0 bridgehead atoms. The van der Waals surface area contributed by atoms with Gasteiger partial charge in [-0.2, -0.15) is 0 Å². The summed E-state index contributed by atoms with van der Waals surface area (Å²) in [6.45, 7) is 4.69. The third-order valence-corrected chi connectivity index (χ3v) is 4.54. The zero-order chi connectivity index (χ0) is 16.7. The first kappa shape index (κ1) is 17.4. The van der Waals surface area contributed by atoms with E-state index in [0.29, 0.717) is 13.1 Å². The van der Waals surface area contributed by atoms with Crippen LogP contribution in [0.1, 0.15) is 36.2 Å². The van der Waals surface area contributed by atoms with Crippen LogP contribution in [-0.4, -0.2) is 34.2 Å². The second-order valence-corrected chi connectivity index (χ2v) is 6.26. The van der Waals surface area contributed by atoms with E-state index in [9.17, 15) is 9.90 Å². The van der Waals surface area contributed by atoms with E-state index in [4.69, 9.17) is 0 Å². The molecule has 0 saturated heterocycles. The first-order valence-corrected chi connectivity index (χ1v) is 8.66. The molecule has 1 heterocycles. The third kappa shape index (κ3) is 5.04. The zero-order valence-electron chi connectivity index (χ0n) is 13.5. The second-order valence-electron chi connectivity index (χ2n) is 5.32. The van der Waals surface area contributed by atoms with Crippen LogP contribution >= 0.6 is 11.3 Å². The average molecular weight is 333 g/mol. The van der Waals surface area contributed by atoms with Gasteiger partial charge in [-0.3, -0.25) is 0 Å². The van der Waals surface area contributed by atoms with Crippen molar-refractivity contribution in [1.82, 2.24) is 15.2 Å². The van der Waals surface area contributed by atoms with Crippen LogP contribution in [0.5, 0.6) is 0 Å². The molecule has 23 heavy (non-hydrogen) atoms. The van der Waals surface area contributed by atoms with E-state index in [2.05, 4.69) is 17.2 Å². The van der Waals surface area contributed by atoms with Crippen LogP contribution < -0.4 is 5.32 Å². The Balaban J connectivity index is 1.99. The summed E-state index contributed by atoms with van der Waals surface area (Å²) in [6.07, 6.45) is 0.899. The summed E-state index contributed by atoms with van der Waals surface area (Å²) in [4.78, 5) is 18.6. The Bertz CT molecular complexity index is 615. The maximum absolute atomic E-state index is 12.5. The van der Waals surface area contributed by atoms with Crippen LogP contribution in [0.25, 0.3) is 0 Å². The smallest absolute Gasteiger partial charge is 0.318 e. The lowest BCUT2D eigenvalue weighted by atomic mass is 10.2. The molecule has 6 heteroatoms. The Kier molecular flexibility index (Phi) is 6.55. The minimum absolute atomic E-state index is 0.0642. The van der Waals surface area contributed by atoms with Gasteiger partial charge >= 0.3 is 6.03 Å². The van der Waals surface area contributed by atoms with Crippen LogP contribution in [-0.2, 0) is 13.0 Å². The number of amides is 2. The lowest BCUT2D eigenvalue weighted by Crippen LogP contribution is -2.42. The molecule has 1 aromatic carbocycles. The van der Waals surface area contributed by atoms with E-state index in [1.54, 1.807) is 16.2 Å². The van der Waals surface area contributed by atoms with Crippen LogP contribution in [0.3, 0.4) is 0 Å². The molecule has 0 aliphatic heterocycles. The number of nitrogens with zero attached hydrogens (tertiary/aromatic N) is 2. The number of carbonyl (C=O) groups is 1. The van der Waals surface area contributed by atoms with Crippen LogP contribution in [0.2, 0.25) is 0 Å². The van der Waals surface area contributed by atoms with Crippen LogP contribution in [0.15, 0.2) is 35.7 Å². The predicted octanol–water partition coefficient (Wildman–Crippen LogP) is 2.97. The summed E-state index contributed by atoms with van der Waals surface area (Å²) in [5, 5.41) is 15.2. The molecule has 1 aromatic heterocycles. The van der Waals surface area contributed by atoms with E-state index in [1.807, 2.05) is 42.6 Å². The fourth-order valence-corrected chi connectivity index (χ4v) is 3.05. The molecule has 2 amide bonds. The lowest BCUT2D eigenvalue weighted by Gasteiger charge is -2.24. The standard InChI is InChI=1S/C17H23N3O2S/c1-3-16-19-15(12-23-16)13(2)18-17(22)20(9-10-21)11-14-7-5-4-6-8-14/h4-8,12-13,21H,3,9-11H2,1-2H3,(H,18,22). The van der Waals surface area contributed by atoms with Gasteiger partial charge in [-0.15, -0.1) is 11.3 Å². The Morgan fingerprint density at radius 2 is 2.13 bits per heavy atom. The minimum atomic E-state index is -0.193. The number of aromatic nitrogens is 1. The highest BCUT2D eigenvalue weighted by Gasteiger charge is 2.18. The molecule has 0 spiro atoms. The Labute approximate surface area is 141 Å². The number of thiazole rings is 1. The summed E-state index contributed by atoms with van der Waals surface area (Å²) < 4.78 is 0. The van der Waals surface area contributed by atoms with Crippen molar-refractivity contribution in [3.63, 3.8) is 0 Å². The molecule has 0 aliphatic rings. The monoisotopic (exact) mass is 333 g/mol. The van der Waals surface area contributed by atoms with E-state index in [0.717, 1.165) is 22.7 Å². The number of aryl methyl sites for hydroxylation is 1. The largest absolute Gasteiger partial charge is 0.395 e. The van der Waals surface area contributed by atoms with Crippen molar-refractivity contribution in [2.45, 2.75) is 32.9 Å². The second kappa shape index (κ2) is 8.64. The number of urea groups is 1. The number of carbonyl (C=O) groups excluding carboxylic acids is 1. The van der Waals surface area contributed by atoms with Gasteiger partial charge in [0.15, 0.2) is 0 Å². The summed E-state index contributed by atoms with van der Waals surface area (Å²) in [5.74, 6) is 0. The van der Waals surface area contributed by atoms with Gasteiger partial charge in [0.25, 0.3) is 0 Å². The maximum Gasteiger partial charge on any atom is 0.318 e. The molecule has 5 nitrogen and oxygen atoms in total. The quantitative estimate of drug-likeness (QED) is 0.819. The number of benzene rings is 1. The first-order chi connectivity index (χ1) is 11.1. The summed E-state index contributed by atoms with van der Waals surface area (Å²) >= 11 is 1.61. The molecule has 2 rings (SSSR count). The van der Waals surface area contributed by atoms with Crippen molar-refractivity contribution in [3.8, 4) is 0 Å². The van der Waals surface area contributed by atoms with Gasteiger partial charge in [-0.25, -0.2) is 9.78 Å². The molecule has 0 aliphatic carbocycles. The first-order valence-electron chi connectivity index (χ1n) is 7.78. The Hall–Kier alpha value is -1.92. The summed E-state index contributed by atoms with van der Waals surface area (Å²) in [6, 6.07) is 9.40. The van der Waals surface area contributed by atoms with E-state index >= 15 is 0 Å². The van der Waals surface area contributed by atoms with Gasteiger partial charge in [0, 0.05) is 18.5 Å². The zero-order valence-corrected chi connectivity index (χ0v) is 14.3. The molecule has 2 aromatic rings. The van der Waals surface area contributed by atoms with Gasteiger partial charge < -0.3 is 15.3 Å². The van der Waals surface area contributed by atoms with E-state index in [1.165, 1.54) is 0 Å². The molecular formula is C17H23N3O2S. The highest BCUT2D eigenvalue weighted by atomic mass is 32.1. The number of hydrogen-bond acceptors (Lipinski definition) is 4. The number of aliphatic hydroxyl groups excluding tert-OH is 1. The molecule has 0 radical (unpaired) electrons. The molecule has 124 valence electrons. The highest BCUT2D eigenvalue weighted by Crippen LogP contribution is 2.17. The van der Waals surface area contributed by atoms with E-state index < -0.39 is 0 Å². The minimum Gasteiger partial charge on any atom is -0.395 e. The molecule has 2 N–H and O–H groups in total. The van der Waals surface area contributed by atoms with Crippen LogP contribution in [0.4, 0.5) is 4.79 Å². The van der Waals surface area contributed by atoms with E-state index in [-0.39, 0.29) is 18.7 Å². The van der Waals surface area contributed by atoms with Crippen molar-refractivity contribution in [2.24, 2.45) is 0 Å². The average Bonchev–Trinajstić information content (AvgIpc) is 3.04. The van der Waals surface area contributed by atoms with Gasteiger partial charge in [0.05, 0.1) is 23.4 Å². The predicted molar refractivity (Wildman–Crippen MR) is 92.4 cm³/mol. The Morgan fingerprint density at radius 3 is 2.74 bits per heavy atom. The van der Waals surface area contributed by atoms with Gasteiger partial charge in [-0.1, -0.05) is 37.3 Å². The van der Waals surface area contributed by atoms with Crippen LogP contribution in [0, 0.1) is 0 Å². The lowest BCUT2D eigenvalue weighted by molar-refractivity contribution is 0.171. The van der Waals surface area contributed by atoms with Gasteiger partial charge in [0.2, 0.25) is 0 Å². The van der Waals surface area contributed by atoms with Gasteiger partial charge in [0.1, 0.15) is 0 Å². The maximum atomic E-state index is 12.5. The Morgan fingerprint density at radius 1 is 1.39 bits per heavy atom.